The third kappa shape index (κ3) is 5.13. The summed E-state index contributed by atoms with van der Waals surface area (Å²) in [7, 11) is -3.72. The first-order chi connectivity index (χ1) is 13.8. The molecule has 0 N–H and O–H groups in total. The topological polar surface area (TPSA) is 66.9 Å². The quantitative estimate of drug-likeness (QED) is 0.746. The molecule has 29 heavy (non-hydrogen) atoms. The predicted molar refractivity (Wildman–Crippen MR) is 108 cm³/mol. The van der Waals surface area contributed by atoms with Crippen molar-refractivity contribution in [3.05, 3.63) is 59.4 Å². The molecule has 0 bridgehead atoms. The molecule has 0 aliphatic carbocycles. The molecule has 8 heteroatoms. The third-order valence-corrected chi connectivity index (χ3v) is 7.01. The second-order valence-electron chi connectivity index (χ2n) is 7.13. The minimum atomic E-state index is -3.72. The Hall–Kier alpha value is -2.45. The molecule has 0 spiro atoms. The zero-order valence-corrected chi connectivity index (χ0v) is 17.4. The summed E-state index contributed by atoms with van der Waals surface area (Å²) < 4.78 is 45.6. The van der Waals surface area contributed by atoms with Crippen molar-refractivity contribution in [1.29, 1.82) is 0 Å². The predicted octanol–water partition coefficient (Wildman–Crippen LogP) is 2.74. The molecule has 0 atom stereocenters. The highest BCUT2D eigenvalue weighted by molar-refractivity contribution is 7.89. The molecule has 1 amide bonds. The molecule has 1 aliphatic rings. The second kappa shape index (κ2) is 8.92. The Bertz CT molecular complexity index is 977. The summed E-state index contributed by atoms with van der Waals surface area (Å²) in [5.41, 5.74) is 2.24. The Morgan fingerprint density at radius 3 is 2.41 bits per heavy atom. The van der Waals surface area contributed by atoms with Crippen LogP contribution in [0.5, 0.6) is 5.75 Å². The monoisotopic (exact) mass is 420 g/mol. The normalized spacial score (nSPS) is 15.8. The van der Waals surface area contributed by atoms with Crippen molar-refractivity contribution in [1.82, 2.24) is 9.21 Å². The van der Waals surface area contributed by atoms with Crippen LogP contribution in [0.15, 0.2) is 47.4 Å². The molecule has 156 valence electrons. The number of sulfonamides is 1. The number of carbonyl (C=O) groups excluding carboxylic acids is 1. The number of carbonyl (C=O) groups is 1. The summed E-state index contributed by atoms with van der Waals surface area (Å²) in [6.07, 6.45) is 0.524. The summed E-state index contributed by atoms with van der Waals surface area (Å²) in [6.45, 7) is 5.14. The summed E-state index contributed by atoms with van der Waals surface area (Å²) in [5.74, 6) is -0.0265. The Morgan fingerprint density at radius 2 is 1.72 bits per heavy atom. The van der Waals surface area contributed by atoms with Gasteiger partial charge in [-0.25, -0.2) is 12.8 Å². The van der Waals surface area contributed by atoms with Crippen LogP contribution in [0.2, 0.25) is 0 Å². The maximum atomic E-state index is 13.1. The van der Waals surface area contributed by atoms with Crippen LogP contribution in [0, 0.1) is 19.7 Å². The van der Waals surface area contributed by atoms with Crippen LogP contribution >= 0.6 is 0 Å². The Kier molecular flexibility index (Phi) is 6.54. The van der Waals surface area contributed by atoms with Gasteiger partial charge in [0.15, 0.2) is 6.61 Å². The molecular weight excluding hydrogens is 395 g/mol. The van der Waals surface area contributed by atoms with Crippen molar-refractivity contribution in [3.8, 4) is 5.75 Å². The van der Waals surface area contributed by atoms with E-state index in [1.807, 2.05) is 32.0 Å². The first-order valence-corrected chi connectivity index (χ1v) is 10.9. The maximum Gasteiger partial charge on any atom is 0.260 e. The molecule has 1 heterocycles. The van der Waals surface area contributed by atoms with Crippen LogP contribution in [-0.2, 0) is 14.8 Å². The van der Waals surface area contributed by atoms with Crippen molar-refractivity contribution in [2.24, 2.45) is 0 Å². The number of aryl methyl sites for hydroxylation is 2. The van der Waals surface area contributed by atoms with E-state index >= 15 is 0 Å². The summed E-state index contributed by atoms with van der Waals surface area (Å²) in [5, 5.41) is 0. The number of halogens is 1. The number of amides is 1. The van der Waals surface area contributed by atoms with Gasteiger partial charge in [-0.3, -0.25) is 4.79 Å². The SMILES string of the molecule is Cc1ccc(OCC(=O)N2CCCN(S(=O)(=O)c3ccc(F)cc3)CC2)cc1C. The highest BCUT2D eigenvalue weighted by Gasteiger charge is 2.28. The van der Waals surface area contributed by atoms with Gasteiger partial charge in [0.2, 0.25) is 10.0 Å². The van der Waals surface area contributed by atoms with E-state index in [4.69, 9.17) is 4.74 Å². The van der Waals surface area contributed by atoms with Gasteiger partial charge in [-0.15, -0.1) is 0 Å². The highest BCUT2D eigenvalue weighted by atomic mass is 32.2. The first-order valence-electron chi connectivity index (χ1n) is 9.51. The van der Waals surface area contributed by atoms with Crippen LogP contribution in [0.3, 0.4) is 0 Å². The Labute approximate surface area is 170 Å². The average Bonchev–Trinajstić information content (AvgIpc) is 2.96. The first kappa shape index (κ1) is 21.3. The molecule has 1 aliphatic heterocycles. The largest absolute Gasteiger partial charge is 0.484 e. The van der Waals surface area contributed by atoms with E-state index in [0.717, 1.165) is 23.3 Å². The summed E-state index contributed by atoms with van der Waals surface area (Å²) in [6, 6.07) is 10.4. The Balaban J connectivity index is 1.59. The molecule has 6 nitrogen and oxygen atoms in total. The van der Waals surface area contributed by atoms with Crippen molar-refractivity contribution < 1.29 is 22.3 Å². The Morgan fingerprint density at radius 1 is 1.00 bits per heavy atom. The van der Waals surface area contributed by atoms with Crippen LogP contribution in [0.4, 0.5) is 4.39 Å². The minimum Gasteiger partial charge on any atom is -0.484 e. The fraction of sp³-hybridized carbons (Fsp3) is 0.381. The molecule has 0 saturated carbocycles. The van der Waals surface area contributed by atoms with Gasteiger partial charge in [-0.2, -0.15) is 4.31 Å². The number of benzene rings is 2. The fourth-order valence-corrected chi connectivity index (χ4v) is 4.65. The third-order valence-electron chi connectivity index (χ3n) is 5.10. The molecule has 0 unspecified atom stereocenters. The van der Waals surface area contributed by atoms with Gasteiger partial charge in [0.05, 0.1) is 4.90 Å². The standard InChI is InChI=1S/C21H25FN2O4S/c1-16-4-7-19(14-17(16)2)28-15-21(25)23-10-3-11-24(13-12-23)29(26,27)20-8-5-18(22)6-9-20/h4-9,14H,3,10-13,15H2,1-2H3. The van der Waals surface area contributed by atoms with E-state index < -0.39 is 15.8 Å². The molecule has 0 radical (unpaired) electrons. The van der Waals surface area contributed by atoms with Crippen LogP contribution in [0.1, 0.15) is 17.5 Å². The fourth-order valence-electron chi connectivity index (χ4n) is 3.18. The summed E-state index contributed by atoms with van der Waals surface area (Å²) in [4.78, 5) is 14.2. The number of hydrogen-bond donors (Lipinski definition) is 0. The second-order valence-corrected chi connectivity index (χ2v) is 9.07. The van der Waals surface area contributed by atoms with E-state index in [1.165, 1.54) is 16.4 Å². The van der Waals surface area contributed by atoms with E-state index in [1.54, 1.807) is 4.90 Å². The van der Waals surface area contributed by atoms with Crippen molar-refractivity contribution in [3.63, 3.8) is 0 Å². The number of hydrogen-bond acceptors (Lipinski definition) is 4. The van der Waals surface area contributed by atoms with Gasteiger partial charge in [-0.1, -0.05) is 6.07 Å². The molecule has 2 aromatic carbocycles. The highest BCUT2D eigenvalue weighted by Crippen LogP contribution is 2.19. The van der Waals surface area contributed by atoms with E-state index in [9.17, 15) is 17.6 Å². The van der Waals surface area contributed by atoms with E-state index in [-0.39, 0.29) is 30.5 Å². The molecule has 0 aromatic heterocycles. The lowest BCUT2D eigenvalue weighted by atomic mass is 10.1. The number of rotatable bonds is 5. The van der Waals surface area contributed by atoms with E-state index in [2.05, 4.69) is 0 Å². The molecule has 2 aromatic rings. The van der Waals surface area contributed by atoms with Crippen molar-refractivity contribution in [2.45, 2.75) is 25.2 Å². The van der Waals surface area contributed by atoms with Gasteiger partial charge in [0, 0.05) is 26.2 Å². The lowest BCUT2D eigenvalue weighted by Gasteiger charge is -2.22. The summed E-state index contributed by atoms with van der Waals surface area (Å²) >= 11 is 0. The van der Waals surface area contributed by atoms with Crippen molar-refractivity contribution >= 4 is 15.9 Å². The lowest BCUT2D eigenvalue weighted by Crippen LogP contribution is -2.39. The minimum absolute atomic E-state index is 0.0525. The molecule has 3 rings (SSSR count). The van der Waals surface area contributed by atoms with Crippen LogP contribution in [-0.4, -0.2) is 56.3 Å². The number of ether oxygens (including phenoxy) is 1. The average molecular weight is 421 g/mol. The zero-order chi connectivity index (χ0) is 21.0. The molecule has 1 saturated heterocycles. The lowest BCUT2D eigenvalue weighted by molar-refractivity contribution is -0.133. The van der Waals surface area contributed by atoms with Crippen LogP contribution in [0.25, 0.3) is 0 Å². The molecule has 1 fully saturated rings. The molecular formula is C21H25FN2O4S. The van der Waals surface area contributed by atoms with Gasteiger partial charge in [-0.05, 0) is 67.8 Å². The van der Waals surface area contributed by atoms with Gasteiger partial charge in [0.25, 0.3) is 5.91 Å². The van der Waals surface area contributed by atoms with Gasteiger partial charge < -0.3 is 9.64 Å². The number of nitrogens with zero attached hydrogens (tertiary/aromatic N) is 2. The van der Waals surface area contributed by atoms with Crippen molar-refractivity contribution in [2.75, 3.05) is 32.8 Å². The zero-order valence-electron chi connectivity index (χ0n) is 16.6. The van der Waals surface area contributed by atoms with Gasteiger partial charge >= 0.3 is 0 Å². The van der Waals surface area contributed by atoms with E-state index in [0.29, 0.717) is 25.3 Å². The smallest absolute Gasteiger partial charge is 0.260 e. The maximum absolute atomic E-state index is 13.1. The van der Waals surface area contributed by atoms with Gasteiger partial charge in [0.1, 0.15) is 11.6 Å². The van der Waals surface area contributed by atoms with Crippen LogP contribution < -0.4 is 4.74 Å².